The van der Waals surface area contributed by atoms with Crippen LogP contribution in [0.5, 0.6) is 0 Å². The van der Waals surface area contributed by atoms with Gasteiger partial charge in [-0.1, -0.05) is 34.6 Å². The molecule has 0 aromatic carbocycles. The van der Waals surface area contributed by atoms with E-state index in [0.717, 1.165) is 5.92 Å². The zero-order chi connectivity index (χ0) is 14.3. The molecule has 0 spiro atoms. The van der Waals surface area contributed by atoms with Crippen molar-refractivity contribution < 1.29 is 0 Å². The van der Waals surface area contributed by atoms with E-state index >= 15 is 0 Å². The molecule has 1 saturated carbocycles. The highest BCUT2D eigenvalue weighted by Gasteiger charge is 2.64. The summed E-state index contributed by atoms with van der Waals surface area (Å²) in [4.78, 5) is 2.63. The monoisotopic (exact) mass is 266 g/mol. The molecule has 0 aromatic rings. The maximum Gasteiger partial charge on any atom is 0.0183 e. The van der Waals surface area contributed by atoms with Crippen molar-refractivity contribution in [3.63, 3.8) is 0 Å². The van der Waals surface area contributed by atoms with Crippen LogP contribution >= 0.6 is 0 Å². The van der Waals surface area contributed by atoms with Crippen LogP contribution in [-0.2, 0) is 0 Å². The van der Waals surface area contributed by atoms with Crippen LogP contribution in [0.3, 0.4) is 0 Å². The van der Waals surface area contributed by atoms with Crippen molar-refractivity contribution in [1.29, 1.82) is 0 Å². The van der Waals surface area contributed by atoms with E-state index in [1.165, 1.54) is 38.9 Å². The third-order valence-electron chi connectivity index (χ3n) is 6.33. The Morgan fingerprint density at radius 3 is 2.05 bits per heavy atom. The number of nitrogens with one attached hydrogen (secondary N) is 1. The summed E-state index contributed by atoms with van der Waals surface area (Å²) in [6, 6.07) is 1.37. The van der Waals surface area contributed by atoms with Crippen LogP contribution in [-0.4, -0.2) is 36.6 Å². The van der Waals surface area contributed by atoms with E-state index in [4.69, 9.17) is 0 Å². The van der Waals surface area contributed by atoms with E-state index in [1.54, 1.807) is 0 Å². The van der Waals surface area contributed by atoms with E-state index < -0.39 is 0 Å². The largest absolute Gasteiger partial charge is 0.310 e. The lowest BCUT2D eigenvalue weighted by molar-refractivity contribution is 0.160. The maximum absolute atomic E-state index is 3.93. The van der Waals surface area contributed by atoms with Crippen molar-refractivity contribution in [2.45, 2.75) is 72.9 Å². The summed E-state index contributed by atoms with van der Waals surface area (Å²) >= 11 is 0. The van der Waals surface area contributed by atoms with Gasteiger partial charge in [0.05, 0.1) is 0 Å². The predicted octanol–water partition coefficient (Wildman–Crippen LogP) is 3.52. The highest BCUT2D eigenvalue weighted by Crippen LogP contribution is 2.62. The Balaban J connectivity index is 1.78. The molecule has 2 fully saturated rings. The summed E-state index contributed by atoms with van der Waals surface area (Å²) in [6.45, 7) is 18.2. The van der Waals surface area contributed by atoms with Gasteiger partial charge in [-0.2, -0.15) is 0 Å². The second-order valence-electron chi connectivity index (χ2n) is 8.01. The first-order valence-corrected chi connectivity index (χ1v) is 8.29. The fourth-order valence-electron chi connectivity index (χ4n) is 4.00. The van der Waals surface area contributed by atoms with Crippen molar-refractivity contribution in [3.05, 3.63) is 0 Å². The molecule has 1 aliphatic heterocycles. The second kappa shape index (κ2) is 5.37. The minimum Gasteiger partial charge on any atom is -0.310 e. The predicted molar refractivity (Wildman–Crippen MR) is 83.4 cm³/mol. The molecular weight excluding hydrogens is 232 g/mol. The number of nitrogens with zero attached hydrogens (tertiary/aromatic N) is 1. The third-order valence-corrected chi connectivity index (χ3v) is 6.33. The summed E-state index contributed by atoms with van der Waals surface area (Å²) in [7, 11) is 0. The molecule has 1 N–H and O–H groups in total. The molecule has 0 aromatic heterocycles. The molecule has 0 radical (unpaired) electrons. The van der Waals surface area contributed by atoms with Crippen LogP contribution in [0.25, 0.3) is 0 Å². The van der Waals surface area contributed by atoms with Crippen molar-refractivity contribution in [2.24, 2.45) is 16.7 Å². The van der Waals surface area contributed by atoms with Crippen molar-refractivity contribution >= 4 is 0 Å². The SMILES string of the molecule is CCCN1CCC(C(C)NC2C(C)(C)C2(C)C)CC1. The van der Waals surface area contributed by atoms with Crippen LogP contribution in [0.15, 0.2) is 0 Å². The zero-order valence-electron chi connectivity index (χ0n) is 13.9. The molecule has 1 unspecified atom stereocenters. The molecule has 1 heterocycles. The number of piperidine rings is 1. The highest BCUT2D eigenvalue weighted by atomic mass is 15.1. The van der Waals surface area contributed by atoms with E-state index in [1.807, 2.05) is 0 Å². The average Bonchev–Trinajstić information content (AvgIpc) is 2.73. The Labute approximate surface area is 120 Å². The molecule has 2 nitrogen and oxygen atoms in total. The van der Waals surface area contributed by atoms with Gasteiger partial charge >= 0.3 is 0 Å². The first kappa shape index (κ1) is 15.3. The minimum absolute atomic E-state index is 0.462. The Kier molecular flexibility index (Phi) is 4.32. The van der Waals surface area contributed by atoms with Crippen LogP contribution in [0.4, 0.5) is 0 Å². The topological polar surface area (TPSA) is 15.3 Å². The summed E-state index contributed by atoms with van der Waals surface area (Å²) in [6.07, 6.45) is 4.05. The zero-order valence-corrected chi connectivity index (χ0v) is 13.9. The molecule has 112 valence electrons. The second-order valence-corrected chi connectivity index (χ2v) is 8.01. The van der Waals surface area contributed by atoms with Crippen molar-refractivity contribution in [2.75, 3.05) is 19.6 Å². The molecule has 1 saturated heterocycles. The van der Waals surface area contributed by atoms with Crippen molar-refractivity contribution in [3.8, 4) is 0 Å². The lowest BCUT2D eigenvalue weighted by atomic mass is 9.90. The van der Waals surface area contributed by atoms with Crippen LogP contribution in [0, 0.1) is 16.7 Å². The molecule has 2 aliphatic rings. The van der Waals surface area contributed by atoms with Crippen LogP contribution in [0.1, 0.15) is 60.8 Å². The van der Waals surface area contributed by atoms with Gasteiger partial charge in [0.2, 0.25) is 0 Å². The van der Waals surface area contributed by atoms with Gasteiger partial charge in [-0.05, 0) is 62.6 Å². The Bertz CT molecular complexity index is 286. The van der Waals surface area contributed by atoms with Gasteiger partial charge < -0.3 is 10.2 Å². The smallest absolute Gasteiger partial charge is 0.0183 e. The third kappa shape index (κ3) is 2.85. The summed E-state index contributed by atoms with van der Waals surface area (Å²) in [5, 5.41) is 3.93. The van der Waals surface area contributed by atoms with Gasteiger partial charge in [-0.3, -0.25) is 0 Å². The number of rotatable bonds is 5. The van der Waals surface area contributed by atoms with E-state index in [2.05, 4.69) is 51.8 Å². The molecular formula is C17H34N2. The number of likely N-dealkylation sites (tertiary alicyclic amines) is 1. The summed E-state index contributed by atoms with van der Waals surface area (Å²) in [5.74, 6) is 0.875. The first-order chi connectivity index (χ1) is 8.80. The molecule has 2 heteroatoms. The fraction of sp³-hybridized carbons (Fsp3) is 1.00. The van der Waals surface area contributed by atoms with Gasteiger partial charge in [-0.25, -0.2) is 0 Å². The molecule has 1 atom stereocenters. The lowest BCUT2D eigenvalue weighted by Gasteiger charge is -2.35. The number of hydrogen-bond acceptors (Lipinski definition) is 2. The Hall–Kier alpha value is -0.0800. The molecule has 0 amide bonds. The van der Waals surface area contributed by atoms with Gasteiger partial charge in [-0.15, -0.1) is 0 Å². The van der Waals surface area contributed by atoms with Gasteiger partial charge in [0, 0.05) is 12.1 Å². The minimum atomic E-state index is 0.462. The fourth-order valence-corrected chi connectivity index (χ4v) is 4.00. The molecule has 0 bridgehead atoms. The van der Waals surface area contributed by atoms with Crippen LogP contribution in [0.2, 0.25) is 0 Å². The van der Waals surface area contributed by atoms with E-state index in [9.17, 15) is 0 Å². The van der Waals surface area contributed by atoms with Crippen molar-refractivity contribution in [1.82, 2.24) is 10.2 Å². The quantitative estimate of drug-likeness (QED) is 0.819. The summed E-state index contributed by atoms with van der Waals surface area (Å²) < 4.78 is 0. The lowest BCUT2D eigenvalue weighted by Crippen LogP contribution is -2.43. The van der Waals surface area contributed by atoms with E-state index in [-0.39, 0.29) is 0 Å². The molecule has 19 heavy (non-hydrogen) atoms. The Morgan fingerprint density at radius 2 is 1.63 bits per heavy atom. The standard InChI is InChI=1S/C17H34N2/c1-7-10-19-11-8-14(9-12-19)13(2)18-15-16(3,4)17(15,5)6/h13-15,18H,7-12H2,1-6H3. The number of hydrogen-bond donors (Lipinski definition) is 1. The summed E-state index contributed by atoms with van der Waals surface area (Å²) in [5.41, 5.74) is 0.925. The molecule has 1 aliphatic carbocycles. The average molecular weight is 266 g/mol. The first-order valence-electron chi connectivity index (χ1n) is 8.29. The van der Waals surface area contributed by atoms with Gasteiger partial charge in [0.15, 0.2) is 0 Å². The normalized spacial score (nSPS) is 29.4. The van der Waals surface area contributed by atoms with E-state index in [0.29, 0.717) is 22.9 Å². The molecule has 2 rings (SSSR count). The van der Waals surface area contributed by atoms with Gasteiger partial charge in [0.1, 0.15) is 0 Å². The van der Waals surface area contributed by atoms with Crippen LogP contribution < -0.4 is 5.32 Å². The maximum atomic E-state index is 3.93. The Morgan fingerprint density at radius 1 is 1.11 bits per heavy atom. The highest BCUT2D eigenvalue weighted by molar-refractivity contribution is 5.18. The van der Waals surface area contributed by atoms with Gasteiger partial charge in [0.25, 0.3) is 0 Å².